The molecule has 0 saturated heterocycles. The molecule has 4 heteroatoms. The highest BCUT2D eigenvalue weighted by molar-refractivity contribution is 7.17. The van der Waals surface area contributed by atoms with Crippen LogP contribution in [-0.4, -0.2) is 10.2 Å². The second kappa shape index (κ2) is 1.91. The lowest BCUT2D eigenvalue weighted by molar-refractivity contribution is 1.09. The van der Waals surface area contributed by atoms with Crippen molar-refractivity contribution in [2.45, 2.75) is 0 Å². The van der Waals surface area contributed by atoms with Crippen LogP contribution in [-0.2, 0) is 0 Å². The lowest BCUT2D eigenvalue weighted by atomic mass is 10.4. The van der Waals surface area contributed by atoms with Crippen LogP contribution < -0.4 is 5.73 Å². The zero-order chi connectivity index (χ0) is 6.97. The average molecular weight is 151 g/mol. The predicted molar refractivity (Wildman–Crippen MR) is 41.8 cm³/mol. The molecule has 0 aliphatic carbocycles. The molecule has 2 aromatic heterocycles. The van der Waals surface area contributed by atoms with Crippen LogP contribution in [0.15, 0.2) is 17.5 Å². The topological polar surface area (TPSA) is 51.8 Å². The van der Waals surface area contributed by atoms with Crippen LogP contribution >= 0.6 is 11.3 Å². The van der Waals surface area contributed by atoms with Crippen molar-refractivity contribution >= 4 is 27.4 Å². The van der Waals surface area contributed by atoms with Gasteiger partial charge in [0.05, 0.1) is 4.70 Å². The monoisotopic (exact) mass is 151 g/mol. The van der Waals surface area contributed by atoms with Gasteiger partial charge in [-0.1, -0.05) is 0 Å². The molecule has 50 valence electrons. The number of thiophene rings is 1. The van der Waals surface area contributed by atoms with Gasteiger partial charge in [0, 0.05) is 6.07 Å². The summed E-state index contributed by atoms with van der Waals surface area (Å²) in [5.41, 5.74) is 6.33. The fraction of sp³-hybridized carbons (Fsp3) is 0. The Morgan fingerprint density at radius 2 is 2.30 bits per heavy atom. The number of nitrogens with zero attached hydrogens (tertiary/aromatic N) is 2. The van der Waals surface area contributed by atoms with Gasteiger partial charge in [0.15, 0.2) is 0 Å². The van der Waals surface area contributed by atoms with Crippen LogP contribution in [0.1, 0.15) is 0 Å². The molecule has 0 bridgehead atoms. The van der Waals surface area contributed by atoms with Crippen molar-refractivity contribution < 1.29 is 0 Å². The molecule has 2 rings (SSSR count). The summed E-state index contributed by atoms with van der Waals surface area (Å²) < 4.78 is 1.09. The molecule has 0 fully saturated rings. The molecule has 0 aliphatic heterocycles. The molecule has 0 aliphatic rings. The van der Waals surface area contributed by atoms with Crippen molar-refractivity contribution in [3.05, 3.63) is 17.5 Å². The van der Waals surface area contributed by atoms with Crippen LogP contribution in [0.25, 0.3) is 10.2 Å². The molecule has 0 unspecified atom stereocenters. The zero-order valence-electron chi connectivity index (χ0n) is 5.11. The van der Waals surface area contributed by atoms with Crippen molar-refractivity contribution in [3.8, 4) is 0 Å². The van der Waals surface area contributed by atoms with Gasteiger partial charge in [-0.3, -0.25) is 0 Å². The first-order valence-corrected chi connectivity index (χ1v) is 3.70. The van der Waals surface area contributed by atoms with E-state index in [0.717, 1.165) is 10.2 Å². The SMILES string of the molecule is Nc1cc2sccc2nn1. The lowest BCUT2D eigenvalue weighted by Crippen LogP contribution is -1.90. The Labute approximate surface area is 61.5 Å². The zero-order valence-corrected chi connectivity index (χ0v) is 5.93. The average Bonchev–Trinajstić information content (AvgIpc) is 2.33. The molecule has 0 radical (unpaired) electrons. The molecule has 3 nitrogen and oxygen atoms in total. The minimum absolute atomic E-state index is 0.481. The normalized spacial score (nSPS) is 10.4. The fourth-order valence-electron chi connectivity index (χ4n) is 0.780. The number of hydrogen-bond acceptors (Lipinski definition) is 4. The van der Waals surface area contributed by atoms with E-state index in [0.29, 0.717) is 5.82 Å². The van der Waals surface area contributed by atoms with Crippen molar-refractivity contribution in [2.75, 3.05) is 5.73 Å². The highest BCUT2D eigenvalue weighted by Crippen LogP contribution is 2.18. The highest BCUT2D eigenvalue weighted by atomic mass is 32.1. The van der Waals surface area contributed by atoms with E-state index >= 15 is 0 Å². The van der Waals surface area contributed by atoms with Gasteiger partial charge in [0.25, 0.3) is 0 Å². The molecule has 2 heterocycles. The quantitative estimate of drug-likeness (QED) is 0.617. The van der Waals surface area contributed by atoms with Gasteiger partial charge in [-0.15, -0.1) is 21.5 Å². The molecular weight excluding hydrogens is 146 g/mol. The van der Waals surface area contributed by atoms with E-state index in [9.17, 15) is 0 Å². The van der Waals surface area contributed by atoms with Crippen LogP contribution in [0.3, 0.4) is 0 Å². The fourth-order valence-corrected chi connectivity index (χ4v) is 1.54. The molecule has 10 heavy (non-hydrogen) atoms. The molecule has 2 aromatic rings. The third kappa shape index (κ3) is 0.733. The Hall–Kier alpha value is -1.16. The minimum Gasteiger partial charge on any atom is -0.382 e. The van der Waals surface area contributed by atoms with Crippen LogP contribution in [0.4, 0.5) is 5.82 Å². The lowest BCUT2D eigenvalue weighted by Gasteiger charge is -1.87. The summed E-state index contributed by atoms with van der Waals surface area (Å²) in [5.74, 6) is 0.481. The number of rotatable bonds is 0. The standard InChI is InChI=1S/C6H5N3S/c7-6-3-5-4(8-9-6)1-2-10-5/h1-3H,(H2,7,9). The van der Waals surface area contributed by atoms with Crippen LogP contribution in [0.2, 0.25) is 0 Å². The number of hydrogen-bond donors (Lipinski definition) is 1. The maximum atomic E-state index is 5.42. The first kappa shape index (κ1) is 5.61. The second-order valence-corrected chi connectivity index (χ2v) is 2.89. The number of aromatic nitrogens is 2. The Balaban J connectivity index is 2.86. The summed E-state index contributed by atoms with van der Waals surface area (Å²) in [4.78, 5) is 0. The highest BCUT2D eigenvalue weighted by Gasteiger charge is 1.95. The first-order chi connectivity index (χ1) is 4.86. The summed E-state index contributed by atoms with van der Waals surface area (Å²) in [5, 5.41) is 9.56. The summed E-state index contributed by atoms with van der Waals surface area (Å²) in [6.07, 6.45) is 0. The maximum absolute atomic E-state index is 5.42. The van der Waals surface area contributed by atoms with Crippen molar-refractivity contribution in [1.29, 1.82) is 0 Å². The largest absolute Gasteiger partial charge is 0.382 e. The van der Waals surface area contributed by atoms with E-state index in [2.05, 4.69) is 10.2 Å². The van der Waals surface area contributed by atoms with Crippen molar-refractivity contribution in [2.24, 2.45) is 0 Å². The number of anilines is 1. The number of nitrogen functional groups attached to an aromatic ring is 1. The van der Waals surface area contributed by atoms with Gasteiger partial charge in [0.1, 0.15) is 11.3 Å². The summed E-state index contributed by atoms with van der Waals surface area (Å²) in [6.45, 7) is 0. The van der Waals surface area contributed by atoms with Crippen molar-refractivity contribution in [3.63, 3.8) is 0 Å². The smallest absolute Gasteiger partial charge is 0.147 e. The maximum Gasteiger partial charge on any atom is 0.147 e. The van der Waals surface area contributed by atoms with E-state index in [1.54, 1.807) is 11.3 Å². The van der Waals surface area contributed by atoms with Crippen LogP contribution in [0, 0.1) is 0 Å². The van der Waals surface area contributed by atoms with E-state index in [1.807, 2.05) is 17.5 Å². The van der Waals surface area contributed by atoms with E-state index in [4.69, 9.17) is 5.73 Å². The van der Waals surface area contributed by atoms with Gasteiger partial charge in [-0.05, 0) is 11.4 Å². The second-order valence-electron chi connectivity index (χ2n) is 1.94. The summed E-state index contributed by atoms with van der Waals surface area (Å²) >= 11 is 1.62. The van der Waals surface area contributed by atoms with E-state index < -0.39 is 0 Å². The first-order valence-electron chi connectivity index (χ1n) is 2.83. The Kier molecular flexibility index (Phi) is 1.07. The number of fused-ring (bicyclic) bond motifs is 1. The summed E-state index contributed by atoms with van der Waals surface area (Å²) in [6, 6.07) is 3.75. The molecule has 0 atom stereocenters. The predicted octanol–water partition coefficient (Wildman–Crippen LogP) is 1.27. The van der Waals surface area contributed by atoms with Crippen LogP contribution in [0.5, 0.6) is 0 Å². The summed E-state index contributed by atoms with van der Waals surface area (Å²) in [7, 11) is 0. The van der Waals surface area contributed by atoms with E-state index in [1.165, 1.54) is 0 Å². The third-order valence-electron chi connectivity index (χ3n) is 1.23. The van der Waals surface area contributed by atoms with Gasteiger partial charge in [-0.2, -0.15) is 0 Å². The Morgan fingerprint density at radius 1 is 1.40 bits per heavy atom. The minimum atomic E-state index is 0.481. The molecular formula is C6H5N3S. The van der Waals surface area contributed by atoms with E-state index in [-0.39, 0.29) is 0 Å². The third-order valence-corrected chi connectivity index (χ3v) is 2.08. The van der Waals surface area contributed by atoms with Gasteiger partial charge >= 0.3 is 0 Å². The Bertz CT molecular complexity index is 355. The molecule has 0 saturated carbocycles. The molecule has 0 amide bonds. The molecule has 0 spiro atoms. The molecule has 2 N–H and O–H groups in total. The van der Waals surface area contributed by atoms with Gasteiger partial charge in [0.2, 0.25) is 0 Å². The number of nitrogens with two attached hydrogens (primary N) is 1. The van der Waals surface area contributed by atoms with Crippen molar-refractivity contribution in [1.82, 2.24) is 10.2 Å². The van der Waals surface area contributed by atoms with Gasteiger partial charge in [-0.25, -0.2) is 0 Å². The Morgan fingerprint density at radius 3 is 3.20 bits per heavy atom. The van der Waals surface area contributed by atoms with Gasteiger partial charge < -0.3 is 5.73 Å². The molecule has 0 aromatic carbocycles.